The van der Waals surface area contributed by atoms with Gasteiger partial charge in [0.2, 0.25) is 0 Å². The van der Waals surface area contributed by atoms with Crippen LogP contribution < -0.4 is 0 Å². The zero-order valence-corrected chi connectivity index (χ0v) is 47.5. The second-order valence-corrected chi connectivity index (χ2v) is 4.17. The summed E-state index contributed by atoms with van der Waals surface area (Å²) in [4.78, 5) is 19.3. The van der Waals surface area contributed by atoms with Crippen LogP contribution in [-0.2, 0) is 28.5 Å². The number of hydrogen-bond acceptors (Lipinski definition) is 6. The summed E-state index contributed by atoms with van der Waals surface area (Å²) in [6, 6.07) is 0. The number of rotatable bonds is 10. The fraction of sp³-hybridized carbons (Fsp3) is 0.700. The van der Waals surface area contributed by atoms with Crippen molar-refractivity contribution in [3.05, 3.63) is 6.10 Å². The Hall–Kier alpha value is -6.84. The average Bonchev–Trinajstić information content (AvgIpc) is 2.39. The van der Waals surface area contributed by atoms with Gasteiger partial charge < -0.3 is 28.5 Å². The van der Waals surface area contributed by atoms with Crippen molar-refractivity contribution in [3.8, 4) is 0 Å². The standard InChI is InChI=1S/C10H5F10O6.5Rf/c1-6(9(16,17)18,10(19,20)25-3-22)26-4-23-5(7(11,12)13)8(14,15)24-2-21;;;;;/h4H2,1H3;;;;;/q-3;;;;;. The van der Waals surface area contributed by atoms with Gasteiger partial charge in [-0.1, -0.05) is 12.9 Å². The maximum absolute atomic E-state index is 13.2. The van der Waals surface area contributed by atoms with Gasteiger partial charge in [0.15, 0.2) is 0 Å². The molecule has 0 heterocycles. The van der Waals surface area contributed by atoms with E-state index in [0.717, 1.165) is 0 Å². The summed E-state index contributed by atoms with van der Waals surface area (Å²) in [5.74, 6) is 0. The molecule has 164 valence electrons. The number of halogens is 10. The summed E-state index contributed by atoms with van der Waals surface area (Å²) in [6.07, 6.45) is -26.7. The van der Waals surface area contributed by atoms with E-state index in [0.29, 0.717) is 0 Å². The van der Waals surface area contributed by atoms with E-state index in [2.05, 4.69) is 18.9 Å². The van der Waals surface area contributed by atoms with Crippen LogP contribution in [0.4, 0.5) is 43.9 Å². The third-order valence-electron chi connectivity index (χ3n) is 2.51. The molecule has 0 spiro atoms. The average molecular weight is 1750 g/mol. The number of carbonyl (C=O) groups excluding carboxylic acids is 2. The molecule has 0 saturated carbocycles. The van der Waals surface area contributed by atoms with Crippen LogP contribution >= 0.6 is 0 Å². The van der Waals surface area contributed by atoms with E-state index in [1.807, 2.05) is 0 Å². The predicted octanol–water partition coefficient (Wildman–Crippen LogP) is 2.75. The Balaban J connectivity index is -0.000000312. The molecule has 6 nitrogen and oxygen atoms in total. The minimum Gasteiger partial charge on any atom is -0.625 e. The normalized spacial score (nSPS) is 13.5. The van der Waals surface area contributed by atoms with Crippen LogP contribution in [0.15, 0.2) is 0 Å². The fourth-order valence-electron chi connectivity index (χ4n) is 1.12. The zero-order valence-electron chi connectivity index (χ0n) is 15.5. The minimum atomic E-state index is -6.12. The molecule has 31 heavy (non-hydrogen) atoms. The van der Waals surface area contributed by atoms with Gasteiger partial charge in [-0.2, -0.15) is 30.7 Å². The van der Waals surface area contributed by atoms with Crippen molar-refractivity contribution in [1.82, 2.24) is 0 Å². The third kappa shape index (κ3) is 7.12. The van der Waals surface area contributed by atoms with Crippen molar-refractivity contribution < 1.29 is 72.4 Å². The first-order valence-corrected chi connectivity index (χ1v) is 5.60. The van der Waals surface area contributed by atoms with Crippen LogP contribution in [0.5, 0.6) is 0 Å². The summed E-state index contributed by atoms with van der Waals surface area (Å²) in [6.45, 7) is -3.09. The number of alkyl halides is 10. The van der Waals surface area contributed by atoms with E-state index in [9.17, 15) is 53.5 Å². The number of hydrogen-bond donors (Lipinski definition) is 0. The second-order valence-electron chi connectivity index (χ2n) is 4.17. The molecule has 0 amide bonds. The molecule has 0 aromatic heterocycles. The molecule has 0 N–H and O–H groups in total. The molecule has 0 radical (unpaired) electrons. The summed E-state index contributed by atoms with van der Waals surface area (Å²) in [5.41, 5.74) is -4.82. The Labute approximate surface area is 136 Å². The number of ether oxygens (including phenoxy) is 4. The van der Waals surface area contributed by atoms with Gasteiger partial charge in [-0.15, -0.1) is 0 Å². The van der Waals surface area contributed by atoms with E-state index in [4.69, 9.17) is 0 Å². The Bertz CT molecular complexity index is 509. The summed E-state index contributed by atoms with van der Waals surface area (Å²) in [7, 11) is 0. The maximum Gasteiger partial charge on any atom is 0.427 e. The van der Waals surface area contributed by atoms with Gasteiger partial charge in [-0.05, 0) is 6.92 Å². The van der Waals surface area contributed by atoms with Gasteiger partial charge in [-0.25, -0.2) is 13.2 Å². The summed E-state index contributed by atoms with van der Waals surface area (Å²) >= 11 is 0. The van der Waals surface area contributed by atoms with Gasteiger partial charge in [0, 0.05) is 6.10 Å². The molecule has 1 unspecified atom stereocenters. The molecule has 0 aromatic carbocycles. The van der Waals surface area contributed by atoms with Gasteiger partial charge in [0.05, 0.1) is 0 Å². The molecule has 0 saturated heterocycles. The van der Waals surface area contributed by atoms with Gasteiger partial charge in [0.1, 0.15) is 6.79 Å². The molecular weight excluding hydrogens is 1740 g/mol. The van der Waals surface area contributed by atoms with Crippen molar-refractivity contribution in [2.45, 2.75) is 37.1 Å². The SMILES string of the molecule is CC(OCO[C-](C(F)(F)F)C(F)(F)O[C-]=O)(C(F)(F)F)C(F)(F)O[C-]=O.[Rf].[Rf].[Rf].[Rf].[Rf]. The molecule has 0 rings (SSSR count). The van der Waals surface area contributed by atoms with E-state index >= 15 is 0 Å². The molecule has 21 heteroatoms. The first kappa shape index (κ1) is 39.3. The largest absolute Gasteiger partial charge is 0.625 e. The minimum absolute atomic E-state index is 0. The van der Waals surface area contributed by atoms with Gasteiger partial charge in [0.25, 0.3) is 11.7 Å². The molecule has 0 aliphatic heterocycles. The quantitative estimate of drug-likeness (QED) is 0.191. The Morgan fingerprint density at radius 1 is 0.742 bits per heavy atom. The third-order valence-corrected chi connectivity index (χ3v) is 2.51. The Morgan fingerprint density at radius 2 is 1.13 bits per heavy atom. The summed E-state index contributed by atoms with van der Waals surface area (Å²) in [5, 5.41) is 0. The van der Waals surface area contributed by atoms with Crippen LogP contribution in [0.25, 0.3) is 0 Å². The maximum atomic E-state index is 13.2. The molecule has 0 aromatic rings. The topological polar surface area (TPSA) is 71.1 Å². The van der Waals surface area contributed by atoms with Gasteiger partial charge in [-0.3, -0.25) is 0 Å². The van der Waals surface area contributed by atoms with Crippen LogP contribution in [-0.4, -0.2) is 49.9 Å². The van der Waals surface area contributed by atoms with Crippen molar-refractivity contribution in [2.75, 3.05) is 6.79 Å². The molecule has 0 fully saturated rings. The van der Waals surface area contributed by atoms with Crippen molar-refractivity contribution in [3.63, 3.8) is 0 Å². The Kier molecular flexibility index (Phi) is 13.1. The molecule has 1 atom stereocenters. The first-order valence-electron chi connectivity index (χ1n) is 5.60. The Morgan fingerprint density at radius 3 is 1.42 bits per heavy atom. The van der Waals surface area contributed by atoms with Crippen molar-refractivity contribution in [1.29, 1.82) is 0 Å². The monoisotopic (exact) mass is 1750 g/mol. The van der Waals surface area contributed by atoms with Crippen LogP contribution in [0.3, 0.4) is 0 Å². The van der Waals surface area contributed by atoms with Crippen LogP contribution in [0.2, 0.25) is 0 Å². The summed E-state index contributed by atoms with van der Waals surface area (Å²) < 4.78 is 140. The predicted molar refractivity (Wildman–Crippen MR) is 54.2 cm³/mol. The van der Waals surface area contributed by atoms with Crippen LogP contribution in [0, 0.1) is 6.10 Å². The smallest absolute Gasteiger partial charge is 0.427 e. The van der Waals surface area contributed by atoms with E-state index in [1.165, 1.54) is 0 Å². The second kappa shape index (κ2) is 10.3. The fourth-order valence-corrected chi connectivity index (χ4v) is 1.12. The van der Waals surface area contributed by atoms with Crippen molar-refractivity contribution >= 4 is 12.9 Å². The molecule has 0 aliphatic carbocycles. The molecule has 0 bridgehead atoms. The molecular formula is C10H5F10O6Rf5-3. The van der Waals surface area contributed by atoms with Gasteiger partial charge >= 0.3 is 18.5 Å². The first-order chi connectivity index (χ1) is 11.5. The zero-order chi connectivity index (χ0) is 21.0. The molecule has 0 aliphatic rings. The van der Waals surface area contributed by atoms with E-state index in [-0.39, 0.29) is 12.9 Å². The van der Waals surface area contributed by atoms with E-state index in [1.54, 1.807) is 0 Å². The van der Waals surface area contributed by atoms with E-state index < -0.39 is 50.0 Å². The van der Waals surface area contributed by atoms with Crippen molar-refractivity contribution in [2.24, 2.45) is 0 Å². The van der Waals surface area contributed by atoms with Crippen LogP contribution in [0.1, 0.15) is 6.92 Å².